The van der Waals surface area contributed by atoms with Gasteiger partial charge in [0, 0.05) is 112 Å². The SMILES string of the molecule is CC1=C2C(O)C(=O)[C@]3(C)C(O)CC4OCC4(O)C3C(C)C(O)(CC1C(OO)C(O)C(NC(=O)OCc1ccccc1)c1ccccc1)C2(C)C.[Ac].[Ac]. The molecule has 14 heteroatoms. The first-order valence-corrected chi connectivity index (χ1v) is 17.2. The minimum atomic E-state index is -1.80. The summed E-state index contributed by atoms with van der Waals surface area (Å²) in [5.74, 6) is -3.59. The molecule has 2 aromatic rings. The van der Waals surface area contributed by atoms with E-state index >= 15 is 0 Å². The number of Topliss-reactive ketones (excluding diaryl/α,β-unsaturated/α-hetero) is 1. The van der Waals surface area contributed by atoms with Gasteiger partial charge in [-0.05, 0) is 42.9 Å². The molecule has 1 aliphatic heterocycles. The van der Waals surface area contributed by atoms with Crippen molar-refractivity contribution < 1.29 is 143 Å². The Bertz CT molecular complexity index is 1630. The minimum Gasteiger partial charge on any atom is -0.445 e. The van der Waals surface area contributed by atoms with Gasteiger partial charge in [-0.15, -0.1) is 0 Å². The predicted octanol–water partition coefficient (Wildman–Crippen LogP) is 3.06. The monoisotopic (exact) mass is 1150 g/mol. The van der Waals surface area contributed by atoms with E-state index in [4.69, 9.17) is 14.4 Å². The molecule has 4 aliphatic rings. The second kappa shape index (κ2) is 16.6. The van der Waals surface area contributed by atoms with Crippen LogP contribution in [0.2, 0.25) is 0 Å². The Balaban J connectivity index is 0.00000302. The number of rotatable bonds is 8. The second-order valence-electron chi connectivity index (χ2n) is 15.5. The Morgan fingerprint density at radius 3 is 2.17 bits per heavy atom. The normalized spacial score (nSPS) is 36.5. The fraction of sp³-hybridized carbons (Fsp3) is 0.579. The molecular weight excluding hydrogens is 1100 g/mol. The number of carbonyl (C=O) groups is 2. The molecule has 3 aliphatic carbocycles. The molecule has 1 heterocycles. The van der Waals surface area contributed by atoms with Gasteiger partial charge in [-0.25, -0.2) is 9.68 Å². The maximum absolute atomic E-state index is 14.5. The molecular formula is C38H49Ac2NO11. The van der Waals surface area contributed by atoms with E-state index in [-0.39, 0.29) is 120 Å². The Labute approximate surface area is 375 Å². The van der Waals surface area contributed by atoms with Crippen LogP contribution in [-0.4, -0.2) is 91.0 Å². The number of ketones is 1. The zero-order valence-electron chi connectivity index (χ0n) is 30.2. The van der Waals surface area contributed by atoms with Crippen LogP contribution in [0.3, 0.4) is 0 Å². The van der Waals surface area contributed by atoms with Crippen LogP contribution in [0.25, 0.3) is 0 Å². The Hall–Kier alpha value is -0.317. The number of ether oxygens (including phenoxy) is 2. The van der Waals surface area contributed by atoms with Crippen molar-refractivity contribution in [2.24, 2.45) is 28.6 Å². The third kappa shape index (κ3) is 7.11. The maximum Gasteiger partial charge on any atom is 0.408 e. The summed E-state index contributed by atoms with van der Waals surface area (Å²) in [6.07, 6.45) is -7.94. The van der Waals surface area contributed by atoms with E-state index in [1.54, 1.807) is 70.2 Å². The van der Waals surface area contributed by atoms with E-state index in [9.17, 15) is 40.4 Å². The number of benzene rings is 2. The van der Waals surface area contributed by atoms with Crippen molar-refractivity contribution in [1.82, 2.24) is 5.32 Å². The largest absolute Gasteiger partial charge is 0.445 e. The quantitative estimate of drug-likeness (QED) is 0.117. The van der Waals surface area contributed by atoms with E-state index in [1.807, 2.05) is 18.2 Å². The van der Waals surface area contributed by atoms with Gasteiger partial charge in [0.15, 0.2) is 5.78 Å². The third-order valence-electron chi connectivity index (χ3n) is 12.8. The fourth-order valence-corrected chi connectivity index (χ4v) is 9.91. The van der Waals surface area contributed by atoms with Crippen molar-refractivity contribution in [1.29, 1.82) is 0 Å². The van der Waals surface area contributed by atoms with Gasteiger partial charge >= 0.3 is 6.09 Å². The number of aliphatic hydroxyl groups is 5. The topological polar surface area (TPSA) is 195 Å². The van der Waals surface area contributed by atoms with Crippen LogP contribution in [0, 0.1) is 117 Å². The average Bonchev–Trinajstić information content (AvgIpc) is 3.09. The van der Waals surface area contributed by atoms with E-state index in [0.717, 1.165) is 5.56 Å². The molecule has 1 amide bonds. The summed E-state index contributed by atoms with van der Waals surface area (Å²) in [6, 6.07) is 16.5. The summed E-state index contributed by atoms with van der Waals surface area (Å²) in [6.45, 7) is 8.22. The summed E-state index contributed by atoms with van der Waals surface area (Å²) >= 11 is 0. The van der Waals surface area contributed by atoms with Crippen LogP contribution >= 0.6 is 0 Å². The van der Waals surface area contributed by atoms with Gasteiger partial charge in [-0.1, -0.05) is 87.0 Å². The van der Waals surface area contributed by atoms with Crippen LogP contribution in [0.15, 0.2) is 71.8 Å². The van der Waals surface area contributed by atoms with Crippen LogP contribution in [0.5, 0.6) is 0 Å². The molecule has 2 saturated carbocycles. The van der Waals surface area contributed by atoms with Gasteiger partial charge in [0.1, 0.15) is 30.5 Å². The van der Waals surface area contributed by atoms with Crippen molar-refractivity contribution in [3.05, 3.63) is 82.9 Å². The molecule has 0 spiro atoms. The third-order valence-corrected chi connectivity index (χ3v) is 12.8. The van der Waals surface area contributed by atoms with Gasteiger partial charge in [-0.3, -0.25) is 10.1 Å². The molecule has 2 aromatic carbocycles. The van der Waals surface area contributed by atoms with Gasteiger partial charge < -0.3 is 40.3 Å². The number of nitrogens with one attached hydrogen (secondary N) is 1. The van der Waals surface area contributed by atoms with Crippen molar-refractivity contribution >= 4 is 11.9 Å². The minimum absolute atomic E-state index is 0. The number of amides is 1. The Morgan fingerprint density at radius 2 is 1.62 bits per heavy atom. The number of fused-ring (bicyclic) bond motifs is 5. The average molecular weight is 1150 g/mol. The summed E-state index contributed by atoms with van der Waals surface area (Å²) < 4.78 is 11.1. The molecule has 1 saturated heterocycles. The van der Waals surface area contributed by atoms with Crippen LogP contribution in [0.1, 0.15) is 64.6 Å². The van der Waals surface area contributed by atoms with E-state index in [1.165, 1.54) is 6.92 Å². The Kier molecular flexibility index (Phi) is 14.2. The molecule has 12 atom stereocenters. The maximum atomic E-state index is 14.5. The zero-order valence-corrected chi connectivity index (χ0v) is 39.7. The number of hydrogen-bond donors (Lipinski definition) is 7. The van der Waals surface area contributed by atoms with E-state index in [2.05, 4.69) is 5.32 Å². The standard InChI is InChI=1S/C38H49NO11.2Ac/c1-20-24(31(50-47)30(42)28(23-14-10-7-11-15-23)39-34(44)48-18-22-12-8-6-9-13-22)17-38(46)21(2)32-36(5,25(40)16-26-37(32,45)19-49-26)33(43)29(41)27(20)35(38,3)4;;/h6-15,21,24-26,28-32,40-42,45-47H,16-19H2,1-5H3,(H,39,44);;/t21?,24?,25?,26?,28?,29?,30?,31?,32?,36-,37?,38?;;/m1../s1. The van der Waals surface area contributed by atoms with E-state index in [0.29, 0.717) is 11.1 Å². The van der Waals surface area contributed by atoms with Crippen molar-refractivity contribution in [2.45, 2.75) is 102 Å². The first-order valence-electron chi connectivity index (χ1n) is 17.2. The van der Waals surface area contributed by atoms with Crippen molar-refractivity contribution in [3.63, 3.8) is 0 Å². The van der Waals surface area contributed by atoms with Crippen molar-refractivity contribution in [2.75, 3.05) is 6.61 Å². The molecule has 52 heavy (non-hydrogen) atoms. The molecule has 12 nitrogen and oxygen atoms in total. The van der Waals surface area contributed by atoms with Crippen LogP contribution in [-0.2, 0) is 25.8 Å². The first kappa shape index (κ1) is 44.4. The zero-order chi connectivity index (χ0) is 36.4. The smallest absolute Gasteiger partial charge is 0.408 e. The number of aliphatic hydroxyl groups excluding tert-OH is 3. The fourth-order valence-electron chi connectivity index (χ4n) is 9.91. The van der Waals surface area contributed by atoms with Crippen LogP contribution < -0.4 is 5.32 Å². The van der Waals surface area contributed by atoms with E-state index < -0.39 is 88.2 Å². The molecule has 2 bridgehead atoms. The summed E-state index contributed by atoms with van der Waals surface area (Å²) in [7, 11) is 0. The summed E-state index contributed by atoms with van der Waals surface area (Å²) in [5, 5.41) is 73.6. The molecule has 7 N–H and O–H groups in total. The second-order valence-corrected chi connectivity index (χ2v) is 15.5. The molecule has 0 aromatic heterocycles. The Morgan fingerprint density at radius 1 is 1.02 bits per heavy atom. The van der Waals surface area contributed by atoms with Crippen LogP contribution in [0.4, 0.5) is 4.79 Å². The van der Waals surface area contributed by atoms with Gasteiger partial charge in [0.2, 0.25) is 0 Å². The molecule has 2 radical (unpaired) electrons. The van der Waals surface area contributed by atoms with Gasteiger partial charge in [0.25, 0.3) is 0 Å². The molecule has 3 fully saturated rings. The number of alkyl carbamates (subject to hydrolysis) is 1. The predicted molar refractivity (Wildman–Crippen MR) is 179 cm³/mol. The molecule has 278 valence electrons. The number of hydrogen-bond acceptors (Lipinski definition) is 11. The first-order chi connectivity index (χ1) is 23.5. The van der Waals surface area contributed by atoms with Gasteiger partial charge in [0.05, 0.1) is 35.9 Å². The molecule has 6 rings (SSSR count). The van der Waals surface area contributed by atoms with Gasteiger partial charge in [-0.2, -0.15) is 0 Å². The molecule has 11 unspecified atom stereocenters. The number of carbonyl (C=O) groups excluding carboxylic acids is 2. The van der Waals surface area contributed by atoms with Crippen molar-refractivity contribution in [3.8, 4) is 0 Å². The summed E-state index contributed by atoms with van der Waals surface area (Å²) in [5.41, 5.74) is -4.43. The summed E-state index contributed by atoms with van der Waals surface area (Å²) in [4.78, 5) is 32.6.